The molecular weight excluding hydrogens is 647 g/mol. The average Bonchev–Trinajstić information content (AvgIpc) is 3.55. The van der Waals surface area contributed by atoms with Crippen molar-refractivity contribution >= 4 is 51.1 Å². The van der Waals surface area contributed by atoms with E-state index < -0.39 is 12.0 Å². The number of carboxylic acid groups (broad SMARTS) is 1. The van der Waals surface area contributed by atoms with Crippen molar-refractivity contribution in [1.82, 2.24) is 25.1 Å². The van der Waals surface area contributed by atoms with Crippen molar-refractivity contribution in [3.63, 3.8) is 0 Å². The number of aromatic nitrogens is 2. The van der Waals surface area contributed by atoms with Gasteiger partial charge in [0, 0.05) is 37.6 Å². The molecule has 0 aliphatic heterocycles. The summed E-state index contributed by atoms with van der Waals surface area (Å²) >= 11 is 1.54. The van der Waals surface area contributed by atoms with Crippen molar-refractivity contribution in [2.45, 2.75) is 58.3 Å². The molecule has 50 heavy (non-hydrogen) atoms. The number of aliphatic carboxylic acids is 1. The third-order valence-corrected chi connectivity index (χ3v) is 10.0. The predicted octanol–water partition coefficient (Wildman–Crippen LogP) is 6.14. The highest BCUT2D eigenvalue weighted by Gasteiger charge is 2.26. The van der Waals surface area contributed by atoms with Gasteiger partial charge in [0.15, 0.2) is 0 Å². The van der Waals surface area contributed by atoms with E-state index in [1.165, 1.54) is 10.8 Å². The first-order valence-corrected chi connectivity index (χ1v) is 18.6. The van der Waals surface area contributed by atoms with Gasteiger partial charge in [-0.05, 0) is 57.0 Å². The van der Waals surface area contributed by atoms with Crippen molar-refractivity contribution in [3.8, 4) is 0 Å². The van der Waals surface area contributed by atoms with Crippen LogP contribution in [0.15, 0.2) is 97.5 Å². The summed E-state index contributed by atoms with van der Waals surface area (Å²) in [6.07, 6.45) is 6.76. The molecule has 2 amide bonds. The minimum Gasteiger partial charge on any atom is -0.480 e. The fraction of sp³-hybridized carbons (Fsp3) is 0.350. The molecule has 0 aliphatic rings. The molecule has 0 saturated carbocycles. The van der Waals surface area contributed by atoms with Crippen molar-refractivity contribution in [1.29, 1.82) is 0 Å². The van der Waals surface area contributed by atoms with Crippen LogP contribution in [0.3, 0.4) is 0 Å². The number of carbonyl (C=O) groups is 3. The third-order valence-electron chi connectivity index (χ3n) is 9.38. The third kappa shape index (κ3) is 9.73. The monoisotopic (exact) mass is 693 g/mol. The number of thioether (sulfide) groups is 1. The van der Waals surface area contributed by atoms with Crippen molar-refractivity contribution < 1.29 is 19.5 Å². The minimum absolute atomic E-state index is 0.00707. The number of nitrogens with one attached hydrogen (secondary N) is 2. The van der Waals surface area contributed by atoms with Crippen molar-refractivity contribution in [2.24, 2.45) is 5.92 Å². The van der Waals surface area contributed by atoms with Gasteiger partial charge in [-0.2, -0.15) is 11.8 Å². The summed E-state index contributed by atoms with van der Waals surface area (Å²) in [6, 6.07) is 27.6. The Hall–Kier alpha value is -4.67. The Balaban J connectivity index is 1.33. The molecule has 0 fully saturated rings. The molecule has 5 rings (SSSR count). The van der Waals surface area contributed by atoms with Crippen LogP contribution in [0.4, 0.5) is 0 Å². The summed E-state index contributed by atoms with van der Waals surface area (Å²) in [7, 11) is 0. The van der Waals surface area contributed by atoms with Crippen LogP contribution in [0.2, 0.25) is 0 Å². The summed E-state index contributed by atoms with van der Waals surface area (Å²) in [5.74, 6) is -0.777. The average molecular weight is 694 g/mol. The molecule has 0 aliphatic carbocycles. The number of fused-ring (bicyclic) bond motifs is 2. The first-order valence-electron chi connectivity index (χ1n) is 17.2. The van der Waals surface area contributed by atoms with Crippen LogP contribution in [-0.2, 0) is 33.9 Å². The van der Waals surface area contributed by atoms with Gasteiger partial charge in [0.25, 0.3) is 0 Å². The van der Waals surface area contributed by atoms with Crippen LogP contribution in [0.1, 0.15) is 43.5 Å². The van der Waals surface area contributed by atoms with Crippen LogP contribution >= 0.6 is 11.8 Å². The van der Waals surface area contributed by atoms with E-state index in [4.69, 9.17) is 0 Å². The van der Waals surface area contributed by atoms with Crippen LogP contribution in [0.5, 0.6) is 0 Å². The quantitative estimate of drug-likeness (QED) is 0.101. The lowest BCUT2D eigenvalue weighted by Gasteiger charge is -2.31. The Morgan fingerprint density at radius 1 is 0.880 bits per heavy atom. The number of hydrogen-bond donors (Lipinski definition) is 3. The number of carbonyl (C=O) groups excluding carboxylic acids is 2. The molecule has 1 heterocycles. The normalized spacial score (nSPS) is 13.3. The number of hydrogen-bond acceptors (Lipinski definition) is 6. The Bertz CT molecular complexity index is 1900. The molecule has 3 N–H and O–H groups in total. The van der Waals surface area contributed by atoms with Gasteiger partial charge in [0.05, 0.1) is 19.3 Å². The summed E-state index contributed by atoms with van der Waals surface area (Å²) in [5.41, 5.74) is 3.02. The van der Waals surface area contributed by atoms with E-state index in [0.29, 0.717) is 31.8 Å². The van der Waals surface area contributed by atoms with E-state index in [9.17, 15) is 19.5 Å². The molecule has 0 bridgehead atoms. The lowest BCUT2D eigenvalue weighted by Crippen LogP contribution is -2.51. The van der Waals surface area contributed by atoms with Crippen LogP contribution in [0, 0.1) is 5.92 Å². The first kappa shape index (κ1) is 36.6. The SMILES string of the molecule is CC[C@H](C)[C@@H](CN(CC(=O)N[C@@H](CCSC)C(=O)O)Cc1cccc2ccccc12)NC(=O)Cc1cncn1Cc1cccc2ccccc12. The Morgan fingerprint density at radius 2 is 1.52 bits per heavy atom. The maximum absolute atomic E-state index is 13.7. The van der Waals surface area contributed by atoms with E-state index >= 15 is 0 Å². The Labute approximate surface area is 298 Å². The number of amides is 2. The van der Waals surface area contributed by atoms with Gasteiger partial charge in [-0.1, -0.05) is 105 Å². The van der Waals surface area contributed by atoms with E-state index in [2.05, 4.69) is 78.0 Å². The van der Waals surface area contributed by atoms with Crippen LogP contribution in [-0.4, -0.2) is 74.5 Å². The first-order chi connectivity index (χ1) is 24.2. The second-order valence-electron chi connectivity index (χ2n) is 12.9. The van der Waals surface area contributed by atoms with E-state index in [-0.39, 0.29) is 36.7 Å². The highest BCUT2D eigenvalue weighted by molar-refractivity contribution is 7.98. The van der Waals surface area contributed by atoms with E-state index in [0.717, 1.165) is 34.0 Å². The molecule has 1 aromatic heterocycles. The van der Waals surface area contributed by atoms with Gasteiger partial charge in [0.2, 0.25) is 11.8 Å². The summed E-state index contributed by atoms with van der Waals surface area (Å²) in [5, 5.41) is 20.3. The van der Waals surface area contributed by atoms with Gasteiger partial charge < -0.3 is 20.3 Å². The Kier molecular flexibility index (Phi) is 13.1. The van der Waals surface area contributed by atoms with Gasteiger partial charge in [0.1, 0.15) is 6.04 Å². The predicted molar refractivity (Wildman–Crippen MR) is 202 cm³/mol. The zero-order chi connectivity index (χ0) is 35.5. The second-order valence-corrected chi connectivity index (χ2v) is 13.9. The van der Waals surface area contributed by atoms with Crippen molar-refractivity contribution in [2.75, 3.05) is 25.1 Å². The molecule has 5 aromatic rings. The zero-order valence-electron chi connectivity index (χ0n) is 29.0. The molecule has 10 heteroatoms. The summed E-state index contributed by atoms with van der Waals surface area (Å²) in [4.78, 5) is 45.4. The van der Waals surface area contributed by atoms with Gasteiger partial charge in [-0.25, -0.2) is 9.78 Å². The molecule has 0 radical (unpaired) electrons. The highest BCUT2D eigenvalue weighted by Crippen LogP contribution is 2.22. The standard InChI is InChI=1S/C40H47N5O4S/c1-4-28(2)37(43-38(46)21-33-22-41-27-45(33)24-32-16-10-14-30-12-6-8-18-35(30)32)25-44(26-39(47)42-36(40(48)49)19-20-50-3)23-31-15-9-13-29-11-5-7-17-34(29)31/h5-18,22,27-28,36-37H,4,19-21,23-26H2,1-3H3,(H,42,47)(H,43,46)(H,48,49)/t28-,36-,37+/m0/s1. The van der Waals surface area contributed by atoms with Crippen LogP contribution in [0.25, 0.3) is 21.5 Å². The maximum Gasteiger partial charge on any atom is 0.326 e. The van der Waals surface area contributed by atoms with E-state index in [1.807, 2.05) is 52.1 Å². The topological polar surface area (TPSA) is 117 Å². The minimum atomic E-state index is -1.04. The molecule has 262 valence electrons. The smallest absolute Gasteiger partial charge is 0.326 e. The van der Waals surface area contributed by atoms with Crippen molar-refractivity contribution in [3.05, 3.63) is 114 Å². The molecule has 4 aromatic carbocycles. The van der Waals surface area contributed by atoms with Gasteiger partial charge in [-0.15, -0.1) is 0 Å². The molecular formula is C40H47N5O4S. The lowest BCUT2D eigenvalue weighted by atomic mass is 9.97. The summed E-state index contributed by atoms with van der Waals surface area (Å²) < 4.78 is 2.02. The number of nitrogens with zero attached hydrogens (tertiary/aromatic N) is 3. The number of rotatable bonds is 18. The molecule has 0 saturated heterocycles. The number of benzene rings is 4. The number of carboxylic acids is 1. The lowest BCUT2D eigenvalue weighted by molar-refractivity contribution is -0.142. The van der Waals surface area contributed by atoms with Gasteiger partial charge >= 0.3 is 5.97 Å². The fourth-order valence-electron chi connectivity index (χ4n) is 6.40. The summed E-state index contributed by atoms with van der Waals surface area (Å²) in [6.45, 7) is 5.66. The maximum atomic E-state index is 13.7. The second kappa shape index (κ2) is 17.8. The number of imidazole rings is 1. The molecule has 0 spiro atoms. The molecule has 3 atom stereocenters. The van der Waals surface area contributed by atoms with Crippen LogP contribution < -0.4 is 10.6 Å². The molecule has 9 nitrogen and oxygen atoms in total. The Morgan fingerprint density at radius 3 is 2.18 bits per heavy atom. The molecule has 0 unspecified atom stereocenters. The van der Waals surface area contributed by atoms with E-state index in [1.54, 1.807) is 24.3 Å². The highest BCUT2D eigenvalue weighted by atomic mass is 32.2. The largest absolute Gasteiger partial charge is 0.480 e. The fourth-order valence-corrected chi connectivity index (χ4v) is 6.87. The van der Waals surface area contributed by atoms with Gasteiger partial charge in [-0.3, -0.25) is 14.5 Å². The zero-order valence-corrected chi connectivity index (χ0v) is 29.9.